The molecule has 5 nitrogen and oxygen atoms in total. The van der Waals surface area contributed by atoms with E-state index < -0.39 is 5.97 Å². The molecular weight excluding hydrogens is 360 g/mol. The van der Waals surface area contributed by atoms with Gasteiger partial charge in [0.25, 0.3) is 5.91 Å². The predicted molar refractivity (Wildman–Crippen MR) is 90.0 cm³/mol. The Morgan fingerprint density at radius 2 is 1.91 bits per heavy atom. The number of rotatable bonds is 5. The van der Waals surface area contributed by atoms with Gasteiger partial charge in [-0.05, 0) is 43.7 Å². The normalized spacial score (nSPS) is 11.6. The Hall–Kier alpha value is -2.21. The van der Waals surface area contributed by atoms with Crippen molar-refractivity contribution in [2.75, 3.05) is 6.61 Å². The van der Waals surface area contributed by atoms with Crippen LogP contribution in [-0.2, 0) is 9.53 Å². The van der Waals surface area contributed by atoms with Crippen LogP contribution >= 0.6 is 15.9 Å². The number of nitrogens with zero attached hydrogens (tertiary/aromatic N) is 1. The molecule has 1 N–H and O–H groups in total. The maximum Gasteiger partial charge on any atom is 0.340 e. The highest BCUT2D eigenvalue weighted by molar-refractivity contribution is 9.10. The summed E-state index contributed by atoms with van der Waals surface area (Å²) < 4.78 is 5.96. The van der Waals surface area contributed by atoms with E-state index in [2.05, 4.69) is 26.2 Å². The molecule has 23 heavy (non-hydrogen) atoms. The molecule has 0 fully saturated rings. The minimum atomic E-state index is -0.566. The van der Waals surface area contributed by atoms with Crippen LogP contribution in [0.3, 0.4) is 0 Å². The van der Waals surface area contributed by atoms with Crippen molar-refractivity contribution in [2.45, 2.75) is 19.9 Å². The van der Waals surface area contributed by atoms with Gasteiger partial charge in [-0.25, -0.2) is 4.79 Å². The average molecular weight is 377 g/mol. The van der Waals surface area contributed by atoms with Gasteiger partial charge in [-0.15, -0.1) is 0 Å². The summed E-state index contributed by atoms with van der Waals surface area (Å²) in [5.74, 6) is -0.919. The van der Waals surface area contributed by atoms with E-state index in [0.717, 1.165) is 15.7 Å². The molecule has 0 aliphatic carbocycles. The molecule has 6 heteroatoms. The number of carbonyl (C=O) groups excluding carboxylic acids is 2. The number of amides is 1. The van der Waals surface area contributed by atoms with Crippen molar-refractivity contribution in [3.8, 4) is 0 Å². The van der Waals surface area contributed by atoms with Gasteiger partial charge in [0.05, 0.1) is 11.6 Å². The lowest BCUT2D eigenvalue weighted by molar-refractivity contribution is -0.124. The standard InChI is InChI=1S/C17H17BrN2O3/c1-11-3-4-14(9-19-11)17(22)23-10-16(21)20-12(2)13-5-7-15(18)8-6-13/h3-9,12H,10H2,1-2H3,(H,20,21). The number of ether oxygens (including phenoxy) is 1. The number of pyridine rings is 1. The molecule has 0 spiro atoms. The van der Waals surface area contributed by atoms with Crippen LogP contribution in [0.15, 0.2) is 47.1 Å². The summed E-state index contributed by atoms with van der Waals surface area (Å²) in [6.07, 6.45) is 1.43. The van der Waals surface area contributed by atoms with Crippen molar-refractivity contribution < 1.29 is 14.3 Å². The first-order valence-electron chi connectivity index (χ1n) is 7.10. The molecule has 0 aliphatic rings. The first-order valence-corrected chi connectivity index (χ1v) is 7.89. The van der Waals surface area contributed by atoms with Crippen LogP contribution in [-0.4, -0.2) is 23.5 Å². The second-order valence-electron chi connectivity index (χ2n) is 5.11. The zero-order valence-electron chi connectivity index (χ0n) is 12.9. The van der Waals surface area contributed by atoms with Crippen molar-refractivity contribution in [3.05, 3.63) is 63.9 Å². The third-order valence-electron chi connectivity index (χ3n) is 3.23. The van der Waals surface area contributed by atoms with Gasteiger partial charge in [0, 0.05) is 16.4 Å². The van der Waals surface area contributed by atoms with Gasteiger partial charge < -0.3 is 10.1 Å². The third kappa shape index (κ3) is 5.17. The number of hydrogen-bond donors (Lipinski definition) is 1. The van der Waals surface area contributed by atoms with Crippen LogP contribution in [0.2, 0.25) is 0 Å². The lowest BCUT2D eigenvalue weighted by Gasteiger charge is -2.14. The first kappa shape index (κ1) is 17.1. The van der Waals surface area contributed by atoms with Crippen LogP contribution in [0, 0.1) is 6.92 Å². The summed E-state index contributed by atoms with van der Waals surface area (Å²) in [6, 6.07) is 10.8. The monoisotopic (exact) mass is 376 g/mol. The van der Waals surface area contributed by atoms with Crippen LogP contribution in [0.4, 0.5) is 0 Å². The van der Waals surface area contributed by atoms with E-state index in [4.69, 9.17) is 4.74 Å². The van der Waals surface area contributed by atoms with Gasteiger partial charge >= 0.3 is 5.97 Å². The number of carbonyl (C=O) groups is 2. The fourth-order valence-corrected chi connectivity index (χ4v) is 2.19. The zero-order valence-corrected chi connectivity index (χ0v) is 14.5. The van der Waals surface area contributed by atoms with E-state index in [9.17, 15) is 9.59 Å². The van der Waals surface area contributed by atoms with Crippen molar-refractivity contribution in [3.63, 3.8) is 0 Å². The van der Waals surface area contributed by atoms with Gasteiger partial charge in [0.1, 0.15) is 0 Å². The van der Waals surface area contributed by atoms with Crippen LogP contribution in [0.1, 0.15) is 34.6 Å². The molecule has 2 rings (SSSR count). The van der Waals surface area contributed by atoms with Gasteiger partial charge in [-0.1, -0.05) is 28.1 Å². The molecule has 1 amide bonds. The SMILES string of the molecule is Cc1ccc(C(=O)OCC(=O)NC(C)c2ccc(Br)cc2)cn1. The lowest BCUT2D eigenvalue weighted by atomic mass is 10.1. The second-order valence-corrected chi connectivity index (χ2v) is 6.02. The van der Waals surface area contributed by atoms with E-state index >= 15 is 0 Å². The van der Waals surface area contributed by atoms with Crippen molar-refractivity contribution >= 4 is 27.8 Å². The zero-order chi connectivity index (χ0) is 16.8. The van der Waals surface area contributed by atoms with Gasteiger partial charge in [-0.3, -0.25) is 9.78 Å². The summed E-state index contributed by atoms with van der Waals surface area (Å²) in [5, 5.41) is 2.78. The van der Waals surface area contributed by atoms with Crippen LogP contribution < -0.4 is 5.32 Å². The van der Waals surface area contributed by atoms with E-state index in [1.165, 1.54) is 6.20 Å². The second kappa shape index (κ2) is 7.87. The molecule has 2 aromatic rings. The smallest absolute Gasteiger partial charge is 0.340 e. The number of nitrogens with one attached hydrogen (secondary N) is 1. The van der Waals surface area contributed by atoms with Gasteiger partial charge in [0.15, 0.2) is 6.61 Å². The van der Waals surface area contributed by atoms with E-state index in [-0.39, 0.29) is 18.6 Å². The van der Waals surface area contributed by atoms with Gasteiger partial charge in [-0.2, -0.15) is 0 Å². The lowest BCUT2D eigenvalue weighted by Crippen LogP contribution is -2.31. The minimum Gasteiger partial charge on any atom is -0.452 e. The molecule has 1 aromatic heterocycles. The quantitative estimate of drug-likeness (QED) is 0.813. The summed E-state index contributed by atoms with van der Waals surface area (Å²) in [6.45, 7) is 3.37. The molecule has 1 atom stereocenters. The van der Waals surface area contributed by atoms with Crippen molar-refractivity contribution in [1.82, 2.24) is 10.3 Å². The maximum absolute atomic E-state index is 11.9. The highest BCUT2D eigenvalue weighted by Gasteiger charge is 2.13. The van der Waals surface area contributed by atoms with E-state index in [1.54, 1.807) is 12.1 Å². The van der Waals surface area contributed by atoms with E-state index in [1.807, 2.05) is 38.1 Å². The molecule has 1 aromatic carbocycles. The fraction of sp³-hybridized carbons (Fsp3) is 0.235. The summed E-state index contributed by atoms with van der Waals surface area (Å²) in [5.41, 5.74) is 2.10. The highest BCUT2D eigenvalue weighted by Crippen LogP contribution is 2.16. The summed E-state index contributed by atoms with van der Waals surface area (Å²) >= 11 is 3.36. The molecule has 1 heterocycles. The number of aromatic nitrogens is 1. The number of hydrogen-bond acceptors (Lipinski definition) is 4. The number of esters is 1. The number of benzene rings is 1. The molecule has 1 unspecified atom stereocenters. The van der Waals surface area contributed by atoms with E-state index in [0.29, 0.717) is 5.56 Å². The summed E-state index contributed by atoms with van der Waals surface area (Å²) in [7, 11) is 0. The Morgan fingerprint density at radius 1 is 1.22 bits per heavy atom. The summed E-state index contributed by atoms with van der Waals surface area (Å²) in [4.78, 5) is 27.7. The maximum atomic E-state index is 11.9. The Kier molecular flexibility index (Phi) is 5.87. The predicted octanol–water partition coefficient (Wildman–Crippen LogP) is 3.19. The molecule has 120 valence electrons. The average Bonchev–Trinajstić information content (AvgIpc) is 2.54. The van der Waals surface area contributed by atoms with Crippen LogP contribution in [0.5, 0.6) is 0 Å². The highest BCUT2D eigenvalue weighted by atomic mass is 79.9. The Labute approximate surface area is 143 Å². The Bertz CT molecular complexity index is 684. The minimum absolute atomic E-state index is 0.171. The van der Waals surface area contributed by atoms with Crippen molar-refractivity contribution in [1.29, 1.82) is 0 Å². The Morgan fingerprint density at radius 3 is 2.52 bits per heavy atom. The molecule has 0 aliphatic heterocycles. The molecule has 0 saturated heterocycles. The number of aryl methyl sites for hydroxylation is 1. The molecule has 0 bridgehead atoms. The largest absolute Gasteiger partial charge is 0.452 e. The molecule has 0 radical (unpaired) electrons. The third-order valence-corrected chi connectivity index (χ3v) is 3.76. The van der Waals surface area contributed by atoms with Gasteiger partial charge in [0.2, 0.25) is 0 Å². The molecular formula is C17H17BrN2O3. The van der Waals surface area contributed by atoms with Crippen LogP contribution in [0.25, 0.3) is 0 Å². The number of halogens is 1. The Balaban J connectivity index is 1.83. The molecule has 0 saturated carbocycles. The fourth-order valence-electron chi connectivity index (χ4n) is 1.92. The first-order chi connectivity index (χ1) is 11.0. The topological polar surface area (TPSA) is 68.3 Å². The van der Waals surface area contributed by atoms with Crippen molar-refractivity contribution in [2.24, 2.45) is 0 Å².